The van der Waals surface area contributed by atoms with Crippen molar-refractivity contribution in [2.24, 2.45) is 5.73 Å². The van der Waals surface area contributed by atoms with Gasteiger partial charge in [-0.25, -0.2) is 8.78 Å². The summed E-state index contributed by atoms with van der Waals surface area (Å²) < 4.78 is 30.5. The summed E-state index contributed by atoms with van der Waals surface area (Å²) >= 11 is 3.21. The molecule has 4 nitrogen and oxygen atoms in total. The second kappa shape index (κ2) is 6.75. The fraction of sp³-hybridized carbons (Fsp3) is 0.455. The Morgan fingerprint density at radius 1 is 1.61 bits per heavy atom. The third kappa shape index (κ3) is 3.71. The van der Waals surface area contributed by atoms with Gasteiger partial charge in [-0.3, -0.25) is 9.78 Å². The minimum atomic E-state index is -2.70. The summed E-state index contributed by atoms with van der Waals surface area (Å²) in [6.45, 7) is 1.98. The van der Waals surface area contributed by atoms with E-state index in [4.69, 9.17) is 10.5 Å². The number of carbonyl (C=O) groups is 1. The molecule has 7 heteroatoms. The Kier molecular flexibility index (Phi) is 5.61. The Bertz CT molecular complexity index is 441. The Labute approximate surface area is 112 Å². The lowest BCUT2D eigenvalue weighted by Crippen LogP contribution is -2.12. The summed E-state index contributed by atoms with van der Waals surface area (Å²) in [7, 11) is 0. The maximum Gasteiger partial charge on any atom is 0.311 e. The predicted octanol–water partition coefficient (Wildman–Crippen LogP) is 2.35. The summed E-state index contributed by atoms with van der Waals surface area (Å²) in [5, 5.41) is 0. The van der Waals surface area contributed by atoms with Crippen LogP contribution in [0.3, 0.4) is 0 Å². The molecule has 18 heavy (non-hydrogen) atoms. The van der Waals surface area contributed by atoms with Crippen LogP contribution in [0.4, 0.5) is 8.78 Å². The highest BCUT2D eigenvalue weighted by atomic mass is 79.9. The van der Waals surface area contributed by atoms with Crippen molar-refractivity contribution in [1.29, 1.82) is 0 Å². The van der Waals surface area contributed by atoms with E-state index in [9.17, 15) is 13.6 Å². The normalized spacial score (nSPS) is 10.8. The average molecular weight is 323 g/mol. The largest absolute Gasteiger partial charge is 0.466 e. The Hall–Kier alpha value is -1.08. The van der Waals surface area contributed by atoms with Gasteiger partial charge in [0.2, 0.25) is 0 Å². The lowest BCUT2D eigenvalue weighted by molar-refractivity contribution is -0.142. The molecule has 0 aliphatic rings. The van der Waals surface area contributed by atoms with Crippen LogP contribution in [0.1, 0.15) is 30.3 Å². The van der Waals surface area contributed by atoms with Crippen LogP contribution < -0.4 is 5.73 Å². The number of rotatable bonds is 5. The molecule has 1 rings (SSSR count). The number of nitrogens with two attached hydrogens (primary N) is 1. The van der Waals surface area contributed by atoms with Crippen LogP contribution in [0.15, 0.2) is 10.5 Å². The van der Waals surface area contributed by atoms with Crippen LogP contribution >= 0.6 is 15.9 Å². The Morgan fingerprint density at radius 3 is 2.78 bits per heavy atom. The van der Waals surface area contributed by atoms with Crippen molar-refractivity contribution >= 4 is 21.9 Å². The second-order valence-corrected chi connectivity index (χ2v) is 4.25. The third-order valence-corrected chi connectivity index (χ3v) is 3.15. The quantitative estimate of drug-likeness (QED) is 0.845. The van der Waals surface area contributed by atoms with Crippen molar-refractivity contribution in [2.75, 3.05) is 6.61 Å². The molecule has 0 atom stereocenters. The molecule has 0 unspecified atom stereocenters. The molecule has 0 amide bonds. The highest BCUT2D eigenvalue weighted by Crippen LogP contribution is 2.26. The minimum Gasteiger partial charge on any atom is -0.466 e. The number of nitrogens with zero attached hydrogens (tertiary/aromatic N) is 1. The monoisotopic (exact) mass is 322 g/mol. The summed E-state index contributed by atoms with van der Waals surface area (Å²) in [5.74, 6) is -0.514. The lowest BCUT2D eigenvalue weighted by Gasteiger charge is -2.10. The van der Waals surface area contributed by atoms with Crippen LogP contribution in [-0.2, 0) is 22.5 Å². The first kappa shape index (κ1) is 15.0. The molecule has 100 valence electrons. The van der Waals surface area contributed by atoms with Crippen LogP contribution in [0.5, 0.6) is 0 Å². The standard InChI is InChI=1S/C11H13BrF2N2O2/c1-2-18-9(17)4-7-10(12)6(5-15)3-8(16-7)11(13)14/h3,11H,2,4-5,15H2,1H3. The number of alkyl halides is 2. The third-order valence-electron chi connectivity index (χ3n) is 2.18. The van der Waals surface area contributed by atoms with Gasteiger partial charge in [-0.2, -0.15) is 0 Å². The van der Waals surface area contributed by atoms with Crippen molar-refractivity contribution in [1.82, 2.24) is 4.98 Å². The predicted molar refractivity (Wildman–Crippen MR) is 65.1 cm³/mol. The summed E-state index contributed by atoms with van der Waals surface area (Å²) in [4.78, 5) is 15.1. The smallest absolute Gasteiger partial charge is 0.311 e. The number of aromatic nitrogens is 1. The highest BCUT2D eigenvalue weighted by molar-refractivity contribution is 9.10. The van der Waals surface area contributed by atoms with Crippen molar-refractivity contribution in [3.8, 4) is 0 Å². The fourth-order valence-electron chi connectivity index (χ4n) is 1.39. The van der Waals surface area contributed by atoms with Crippen LogP contribution in [0.2, 0.25) is 0 Å². The second-order valence-electron chi connectivity index (χ2n) is 3.45. The van der Waals surface area contributed by atoms with Gasteiger partial charge in [-0.1, -0.05) is 0 Å². The molecular weight excluding hydrogens is 310 g/mol. The lowest BCUT2D eigenvalue weighted by atomic mass is 10.1. The molecule has 1 aromatic heterocycles. The molecule has 0 aliphatic heterocycles. The van der Waals surface area contributed by atoms with E-state index in [0.717, 1.165) is 0 Å². The number of hydrogen-bond acceptors (Lipinski definition) is 4. The van der Waals surface area contributed by atoms with E-state index >= 15 is 0 Å². The van der Waals surface area contributed by atoms with E-state index in [2.05, 4.69) is 20.9 Å². The zero-order valence-corrected chi connectivity index (χ0v) is 11.3. The molecule has 0 fully saturated rings. The first-order chi connectivity index (χ1) is 8.49. The number of pyridine rings is 1. The van der Waals surface area contributed by atoms with E-state index < -0.39 is 18.1 Å². The van der Waals surface area contributed by atoms with Gasteiger partial charge in [0.05, 0.1) is 18.7 Å². The first-order valence-corrected chi connectivity index (χ1v) is 6.10. The van der Waals surface area contributed by atoms with Crippen molar-refractivity contribution in [2.45, 2.75) is 26.3 Å². The molecule has 1 aromatic rings. The highest BCUT2D eigenvalue weighted by Gasteiger charge is 2.17. The van der Waals surface area contributed by atoms with E-state index in [1.807, 2.05) is 0 Å². The van der Waals surface area contributed by atoms with Crippen LogP contribution in [-0.4, -0.2) is 17.6 Å². The number of hydrogen-bond donors (Lipinski definition) is 1. The zero-order valence-electron chi connectivity index (χ0n) is 9.75. The fourth-order valence-corrected chi connectivity index (χ4v) is 1.90. The van der Waals surface area contributed by atoms with E-state index in [0.29, 0.717) is 10.0 Å². The SMILES string of the molecule is CCOC(=O)Cc1nc(C(F)F)cc(CN)c1Br. The molecule has 0 saturated carbocycles. The van der Waals surface area contributed by atoms with Crippen molar-refractivity contribution in [3.63, 3.8) is 0 Å². The van der Waals surface area contributed by atoms with E-state index in [1.54, 1.807) is 6.92 Å². The molecule has 0 bridgehead atoms. The average Bonchev–Trinajstić information content (AvgIpc) is 2.31. The van der Waals surface area contributed by atoms with E-state index in [-0.39, 0.29) is 25.3 Å². The zero-order chi connectivity index (χ0) is 13.7. The Morgan fingerprint density at radius 2 is 2.28 bits per heavy atom. The maximum atomic E-state index is 12.6. The molecule has 0 spiro atoms. The molecule has 0 aliphatic carbocycles. The number of ether oxygens (including phenoxy) is 1. The number of carbonyl (C=O) groups excluding carboxylic acids is 1. The molecule has 1 heterocycles. The summed E-state index contributed by atoms with van der Waals surface area (Å²) in [5.41, 5.74) is 5.77. The summed E-state index contributed by atoms with van der Waals surface area (Å²) in [6.07, 6.45) is -2.87. The van der Waals surface area contributed by atoms with Gasteiger partial charge in [-0.15, -0.1) is 0 Å². The van der Waals surface area contributed by atoms with Crippen LogP contribution in [0, 0.1) is 0 Å². The van der Waals surface area contributed by atoms with E-state index in [1.165, 1.54) is 6.07 Å². The first-order valence-electron chi connectivity index (χ1n) is 5.31. The van der Waals surface area contributed by atoms with Crippen LogP contribution in [0.25, 0.3) is 0 Å². The topological polar surface area (TPSA) is 65.2 Å². The van der Waals surface area contributed by atoms with Gasteiger partial charge in [0.25, 0.3) is 6.43 Å². The van der Waals surface area contributed by atoms with Gasteiger partial charge < -0.3 is 10.5 Å². The summed E-state index contributed by atoms with van der Waals surface area (Å²) in [6, 6.07) is 1.23. The molecule has 0 saturated heterocycles. The van der Waals surface area contributed by atoms with Crippen molar-refractivity contribution < 1.29 is 18.3 Å². The molecule has 0 radical (unpaired) electrons. The minimum absolute atomic E-state index is 0.0820. The van der Waals surface area contributed by atoms with Crippen molar-refractivity contribution in [3.05, 3.63) is 27.5 Å². The van der Waals surface area contributed by atoms with Gasteiger partial charge in [0.1, 0.15) is 5.69 Å². The van der Waals surface area contributed by atoms with Gasteiger partial charge in [0, 0.05) is 11.0 Å². The van der Waals surface area contributed by atoms with Gasteiger partial charge >= 0.3 is 5.97 Å². The van der Waals surface area contributed by atoms with Gasteiger partial charge in [-0.05, 0) is 34.5 Å². The molecular formula is C11H13BrF2N2O2. The Balaban J connectivity index is 3.08. The number of halogens is 3. The number of esters is 1. The molecule has 0 aromatic carbocycles. The maximum absolute atomic E-state index is 12.6. The van der Waals surface area contributed by atoms with Gasteiger partial charge in [0.15, 0.2) is 0 Å². The molecule has 2 N–H and O–H groups in total.